The molecule has 1 saturated heterocycles. The SMILES string of the molecule is C.C.II.O=C1O[C@@H](C(O)CO)C(=O)C1=O.O=C1O[C@@H](C(O)CO)C(O)=C1O. The Morgan fingerprint density at radius 1 is 0.821 bits per heavy atom. The Balaban J connectivity index is -0.000000385. The van der Waals surface area contributed by atoms with Gasteiger partial charge in [0, 0.05) is 37.2 Å². The molecule has 0 aliphatic carbocycles. The lowest BCUT2D eigenvalue weighted by Gasteiger charge is -2.13. The van der Waals surface area contributed by atoms with Crippen LogP contribution in [0.3, 0.4) is 0 Å². The van der Waals surface area contributed by atoms with Crippen LogP contribution in [0, 0.1) is 0 Å². The maximum Gasteiger partial charge on any atom is 0.383 e. The minimum Gasteiger partial charge on any atom is -0.505 e. The van der Waals surface area contributed by atoms with Gasteiger partial charge in [0.2, 0.25) is 5.76 Å². The van der Waals surface area contributed by atoms with Crippen molar-refractivity contribution in [2.75, 3.05) is 13.2 Å². The summed E-state index contributed by atoms with van der Waals surface area (Å²) in [6.07, 6.45) is -5.83. The van der Waals surface area contributed by atoms with Gasteiger partial charge in [0.05, 0.1) is 13.2 Å². The van der Waals surface area contributed by atoms with Crippen molar-refractivity contribution < 1.29 is 59.3 Å². The highest BCUT2D eigenvalue weighted by Gasteiger charge is 2.45. The van der Waals surface area contributed by atoms with Gasteiger partial charge in [0.25, 0.3) is 5.78 Å². The fourth-order valence-electron chi connectivity index (χ4n) is 1.62. The van der Waals surface area contributed by atoms with Crippen molar-refractivity contribution >= 4 is 60.7 Å². The standard InChI is InChI=1S/C6H8O6.C6H6O6.2CH4.I2/c2*7-1-2(8)5-3(9)4(10)6(11)12-5;;;1-2/h2,5,7-10H,1H2;2,5,7-8H,1H2;2*1H4;/t2*2?,5-;;;/m00.../s1. The Bertz CT molecular complexity index is 581. The van der Waals surface area contributed by atoms with E-state index in [0.717, 1.165) is 0 Å². The van der Waals surface area contributed by atoms with Crippen molar-refractivity contribution in [2.24, 2.45) is 0 Å². The number of hydrogen-bond donors (Lipinski definition) is 6. The second-order valence-electron chi connectivity index (χ2n) is 4.58. The van der Waals surface area contributed by atoms with Gasteiger partial charge in [-0.05, 0) is 0 Å². The molecule has 2 rings (SSSR count). The molecule has 164 valence electrons. The molecule has 4 atom stereocenters. The number of carbonyl (C=O) groups excluding carboxylic acids is 4. The van der Waals surface area contributed by atoms with Crippen LogP contribution < -0.4 is 0 Å². The molecule has 0 bridgehead atoms. The number of aliphatic hydroxyl groups is 6. The number of carbonyl (C=O) groups is 4. The molecule has 6 N–H and O–H groups in total. The summed E-state index contributed by atoms with van der Waals surface area (Å²) >= 11 is 4.24. The molecule has 0 spiro atoms. The number of rotatable bonds is 4. The van der Waals surface area contributed by atoms with E-state index in [2.05, 4.69) is 46.7 Å². The summed E-state index contributed by atoms with van der Waals surface area (Å²) < 4.78 is 8.51. The van der Waals surface area contributed by atoms with Gasteiger partial charge in [-0.25, -0.2) is 9.59 Å². The summed E-state index contributed by atoms with van der Waals surface area (Å²) in [5, 5.41) is 52.3. The smallest absolute Gasteiger partial charge is 0.383 e. The second-order valence-corrected chi connectivity index (χ2v) is 4.58. The van der Waals surface area contributed by atoms with Crippen LogP contribution in [-0.4, -0.2) is 91.8 Å². The average molecular weight is 636 g/mol. The summed E-state index contributed by atoms with van der Waals surface area (Å²) in [4.78, 5) is 42.2. The molecule has 0 amide bonds. The number of Topliss-reactive ketones (excluding diaryl/α,β-unsaturated/α-hetero) is 2. The molecule has 12 nitrogen and oxygen atoms in total. The van der Waals surface area contributed by atoms with Gasteiger partial charge >= 0.3 is 17.7 Å². The first-order valence-electron chi connectivity index (χ1n) is 6.50. The third kappa shape index (κ3) is 7.74. The summed E-state index contributed by atoms with van der Waals surface area (Å²) in [6.45, 7) is -1.41. The van der Waals surface area contributed by atoms with Gasteiger partial charge in [0.15, 0.2) is 18.0 Å². The van der Waals surface area contributed by atoms with Crippen LogP contribution in [0.5, 0.6) is 0 Å². The number of ketones is 2. The highest BCUT2D eigenvalue weighted by atomic mass is 128. The van der Waals surface area contributed by atoms with E-state index in [4.69, 9.17) is 30.6 Å². The van der Waals surface area contributed by atoms with Crippen molar-refractivity contribution in [2.45, 2.75) is 39.3 Å². The van der Waals surface area contributed by atoms with E-state index >= 15 is 0 Å². The van der Waals surface area contributed by atoms with Crippen molar-refractivity contribution in [3.8, 4) is 0 Å². The number of esters is 2. The van der Waals surface area contributed by atoms with E-state index in [-0.39, 0.29) is 14.9 Å². The molecule has 0 aromatic rings. The molecule has 0 aromatic carbocycles. The quantitative estimate of drug-likeness (QED) is 0.125. The van der Waals surface area contributed by atoms with Gasteiger partial charge in [0.1, 0.15) is 12.2 Å². The Labute approximate surface area is 183 Å². The second kappa shape index (κ2) is 14.9. The zero-order valence-electron chi connectivity index (χ0n) is 12.6. The van der Waals surface area contributed by atoms with Crippen LogP contribution in [0.15, 0.2) is 11.5 Å². The van der Waals surface area contributed by atoms with Crippen molar-refractivity contribution in [3.63, 3.8) is 0 Å². The van der Waals surface area contributed by atoms with Crippen LogP contribution in [0.2, 0.25) is 0 Å². The molecule has 14 heteroatoms. The molecule has 2 aliphatic heterocycles. The zero-order valence-corrected chi connectivity index (χ0v) is 16.9. The molecular weight excluding hydrogens is 614 g/mol. The van der Waals surface area contributed by atoms with E-state index in [9.17, 15) is 19.2 Å². The van der Waals surface area contributed by atoms with E-state index in [1.807, 2.05) is 0 Å². The molecule has 0 aromatic heterocycles. The summed E-state index contributed by atoms with van der Waals surface area (Å²) in [6, 6.07) is 0. The number of hydrogen-bond acceptors (Lipinski definition) is 12. The first-order valence-corrected chi connectivity index (χ1v) is 12.8. The Kier molecular flexibility index (Phi) is 16.8. The molecule has 28 heavy (non-hydrogen) atoms. The average Bonchev–Trinajstić information content (AvgIpc) is 3.07. The van der Waals surface area contributed by atoms with E-state index in [1.54, 1.807) is 0 Å². The lowest BCUT2D eigenvalue weighted by atomic mass is 10.1. The van der Waals surface area contributed by atoms with Crippen molar-refractivity contribution in [1.82, 2.24) is 0 Å². The van der Waals surface area contributed by atoms with Gasteiger partial charge < -0.3 is 40.1 Å². The highest BCUT2D eigenvalue weighted by Crippen LogP contribution is 2.20. The number of ether oxygens (including phenoxy) is 2. The Hall–Kier alpha value is -1.08. The largest absolute Gasteiger partial charge is 0.505 e. The lowest BCUT2D eigenvalue weighted by molar-refractivity contribution is -0.152. The van der Waals surface area contributed by atoms with E-state index in [1.165, 1.54) is 0 Å². The Morgan fingerprint density at radius 3 is 1.50 bits per heavy atom. The van der Waals surface area contributed by atoms with Crippen LogP contribution >= 0.6 is 37.2 Å². The third-order valence-electron chi connectivity index (χ3n) is 2.91. The fraction of sp³-hybridized carbons (Fsp3) is 0.571. The summed E-state index contributed by atoms with van der Waals surface area (Å²) in [5.74, 6) is -6.45. The van der Waals surface area contributed by atoms with Crippen LogP contribution in [-0.2, 0) is 28.7 Å². The van der Waals surface area contributed by atoms with E-state index < -0.39 is 72.7 Å². The highest BCUT2D eigenvalue weighted by molar-refractivity contribution is 15.0. The van der Waals surface area contributed by atoms with Crippen LogP contribution in [0.4, 0.5) is 0 Å². The lowest BCUT2D eigenvalue weighted by Crippen LogP contribution is -2.35. The molecule has 2 heterocycles. The molecule has 0 radical (unpaired) electrons. The van der Waals surface area contributed by atoms with Gasteiger partial charge in [-0.15, -0.1) is 0 Å². The normalized spacial score (nSPS) is 22.4. The van der Waals surface area contributed by atoms with Gasteiger partial charge in [-0.3, -0.25) is 9.59 Å². The van der Waals surface area contributed by atoms with Gasteiger partial charge in [-0.1, -0.05) is 14.9 Å². The summed E-state index contributed by atoms with van der Waals surface area (Å²) in [7, 11) is 0. The Morgan fingerprint density at radius 2 is 1.21 bits per heavy atom. The first kappa shape index (κ1) is 31.6. The minimum atomic E-state index is -1.53. The summed E-state index contributed by atoms with van der Waals surface area (Å²) in [5.41, 5.74) is 0. The number of cyclic esters (lactones) is 2. The molecule has 2 unspecified atom stereocenters. The third-order valence-corrected chi connectivity index (χ3v) is 2.91. The van der Waals surface area contributed by atoms with E-state index in [0.29, 0.717) is 0 Å². The minimum absolute atomic E-state index is 0. The number of aliphatic hydroxyl groups excluding tert-OH is 6. The van der Waals surface area contributed by atoms with Crippen LogP contribution in [0.1, 0.15) is 14.9 Å². The van der Waals surface area contributed by atoms with Gasteiger partial charge in [-0.2, -0.15) is 0 Å². The maximum atomic E-state index is 10.7. The molecule has 1 fully saturated rings. The molecule has 2 aliphatic rings. The van der Waals surface area contributed by atoms with Crippen molar-refractivity contribution in [3.05, 3.63) is 11.5 Å². The zero-order chi connectivity index (χ0) is 20.6. The monoisotopic (exact) mass is 636 g/mol. The number of halogens is 2. The predicted octanol–water partition coefficient (Wildman–Crippen LogP) is -0.961. The predicted molar refractivity (Wildman–Crippen MR) is 110 cm³/mol. The van der Waals surface area contributed by atoms with Crippen LogP contribution in [0.25, 0.3) is 0 Å². The fourth-order valence-corrected chi connectivity index (χ4v) is 1.62. The first-order chi connectivity index (χ1) is 12.1. The maximum absolute atomic E-state index is 10.7. The topological polar surface area (TPSA) is 208 Å². The molecular formula is C14H22I2O12. The molecule has 0 saturated carbocycles. The van der Waals surface area contributed by atoms with Crippen molar-refractivity contribution in [1.29, 1.82) is 0 Å².